The molecule has 7 heteroatoms. The summed E-state index contributed by atoms with van der Waals surface area (Å²) in [6.07, 6.45) is 1.73. The number of aromatic nitrogens is 2. The molecular formula is C25H22N4O3. The van der Waals surface area contributed by atoms with Crippen LogP contribution in [0.2, 0.25) is 0 Å². The quantitative estimate of drug-likeness (QED) is 0.467. The number of carbonyl (C=O) groups excluding carboxylic acids is 2. The zero-order valence-corrected chi connectivity index (χ0v) is 17.5. The fourth-order valence-corrected chi connectivity index (χ4v) is 3.34. The largest absolute Gasteiger partial charge is 0.497 e. The summed E-state index contributed by atoms with van der Waals surface area (Å²) in [5.74, 6) is -0.159. The highest BCUT2D eigenvalue weighted by molar-refractivity contribution is 6.08. The minimum Gasteiger partial charge on any atom is -0.497 e. The number of hydrogen-bond donors (Lipinski definition) is 2. The average molecular weight is 426 g/mol. The van der Waals surface area contributed by atoms with E-state index in [0.29, 0.717) is 34.8 Å². The molecule has 0 atom stereocenters. The van der Waals surface area contributed by atoms with Crippen molar-refractivity contribution in [1.29, 1.82) is 0 Å². The molecule has 4 aromatic rings. The smallest absolute Gasteiger partial charge is 0.259 e. The molecule has 0 bridgehead atoms. The fourth-order valence-electron chi connectivity index (χ4n) is 3.34. The Bertz CT molecular complexity index is 1250. The van der Waals surface area contributed by atoms with Crippen molar-refractivity contribution in [3.05, 3.63) is 102 Å². The van der Waals surface area contributed by atoms with Crippen LogP contribution in [0.4, 0.5) is 5.69 Å². The lowest BCUT2D eigenvalue weighted by atomic mass is 10.1. The van der Waals surface area contributed by atoms with Gasteiger partial charge in [0.25, 0.3) is 5.91 Å². The number of ether oxygens (including phenoxy) is 1. The second-order valence-electron chi connectivity index (χ2n) is 7.20. The Morgan fingerprint density at radius 2 is 1.75 bits per heavy atom. The van der Waals surface area contributed by atoms with Gasteiger partial charge >= 0.3 is 0 Å². The summed E-state index contributed by atoms with van der Waals surface area (Å²) in [4.78, 5) is 24.4. The number of nitrogens with two attached hydrogens (primary N) is 1. The third-order valence-corrected chi connectivity index (χ3v) is 4.96. The minimum atomic E-state index is -0.523. The molecule has 160 valence electrons. The summed E-state index contributed by atoms with van der Waals surface area (Å²) in [5, 5.41) is 7.55. The first-order valence-corrected chi connectivity index (χ1v) is 10.0. The number of nitrogens with zero attached hydrogens (tertiary/aromatic N) is 2. The summed E-state index contributed by atoms with van der Waals surface area (Å²) in [5.41, 5.74) is 9.01. The number of carbonyl (C=O) groups is 2. The highest BCUT2D eigenvalue weighted by atomic mass is 16.5. The lowest BCUT2D eigenvalue weighted by molar-refractivity contribution is 0.0998. The number of primary amides is 1. The number of amides is 2. The van der Waals surface area contributed by atoms with Crippen LogP contribution in [-0.4, -0.2) is 28.7 Å². The van der Waals surface area contributed by atoms with Gasteiger partial charge in [0.1, 0.15) is 11.4 Å². The van der Waals surface area contributed by atoms with E-state index in [1.54, 1.807) is 42.3 Å². The lowest BCUT2D eigenvalue weighted by Crippen LogP contribution is -2.13. The van der Waals surface area contributed by atoms with Crippen LogP contribution in [0.15, 0.2) is 85.1 Å². The van der Waals surface area contributed by atoms with Gasteiger partial charge in [-0.25, -0.2) is 0 Å². The van der Waals surface area contributed by atoms with Crippen molar-refractivity contribution >= 4 is 17.5 Å². The topological polar surface area (TPSA) is 99.2 Å². The predicted molar refractivity (Wildman–Crippen MR) is 123 cm³/mol. The molecule has 0 radical (unpaired) electrons. The first-order chi connectivity index (χ1) is 15.5. The van der Waals surface area contributed by atoms with Crippen molar-refractivity contribution in [2.45, 2.75) is 6.54 Å². The standard InChI is InChI=1S/C25H22N4O3/c1-32-21-9-5-8-19(14-21)23-22(16-29(28-23)15-17-6-3-2-4-7-17)25(31)27-20-12-10-18(11-13-20)24(26)30/h2-14,16H,15H2,1H3,(H2,26,30)(H,27,31). The second kappa shape index (κ2) is 9.18. The van der Waals surface area contributed by atoms with E-state index < -0.39 is 5.91 Å². The highest BCUT2D eigenvalue weighted by Crippen LogP contribution is 2.27. The lowest BCUT2D eigenvalue weighted by Gasteiger charge is -2.07. The number of nitrogens with one attached hydrogen (secondary N) is 1. The summed E-state index contributed by atoms with van der Waals surface area (Å²) < 4.78 is 7.08. The van der Waals surface area contributed by atoms with Gasteiger partial charge in [-0.15, -0.1) is 0 Å². The minimum absolute atomic E-state index is 0.311. The molecule has 0 saturated heterocycles. The van der Waals surface area contributed by atoms with Crippen LogP contribution in [0.3, 0.4) is 0 Å². The van der Waals surface area contributed by atoms with Crippen molar-refractivity contribution in [3.63, 3.8) is 0 Å². The van der Waals surface area contributed by atoms with Crippen LogP contribution in [0.5, 0.6) is 5.75 Å². The van der Waals surface area contributed by atoms with E-state index in [4.69, 9.17) is 15.6 Å². The summed E-state index contributed by atoms with van der Waals surface area (Å²) in [7, 11) is 1.59. The molecule has 32 heavy (non-hydrogen) atoms. The van der Waals surface area contributed by atoms with Crippen molar-refractivity contribution in [1.82, 2.24) is 9.78 Å². The van der Waals surface area contributed by atoms with E-state index >= 15 is 0 Å². The molecule has 7 nitrogen and oxygen atoms in total. The number of benzene rings is 3. The van der Waals surface area contributed by atoms with Crippen LogP contribution in [-0.2, 0) is 6.54 Å². The average Bonchev–Trinajstić information content (AvgIpc) is 3.24. The molecule has 3 aromatic carbocycles. The van der Waals surface area contributed by atoms with Crippen LogP contribution in [0, 0.1) is 0 Å². The van der Waals surface area contributed by atoms with Crippen LogP contribution in [0.25, 0.3) is 11.3 Å². The Labute approximate surface area is 185 Å². The molecule has 0 spiro atoms. The molecule has 0 aliphatic heterocycles. The van der Waals surface area contributed by atoms with Crippen molar-refractivity contribution in [3.8, 4) is 17.0 Å². The Morgan fingerprint density at radius 3 is 2.44 bits per heavy atom. The van der Waals surface area contributed by atoms with Crippen molar-refractivity contribution in [2.24, 2.45) is 5.73 Å². The molecule has 0 fully saturated rings. The van der Waals surface area contributed by atoms with E-state index in [1.165, 1.54) is 0 Å². The number of methoxy groups -OCH3 is 1. The van der Waals surface area contributed by atoms with Gasteiger partial charge in [0.2, 0.25) is 5.91 Å². The normalized spacial score (nSPS) is 10.5. The molecule has 2 amide bonds. The number of anilines is 1. The third kappa shape index (κ3) is 4.67. The van der Waals surface area contributed by atoms with Crippen molar-refractivity contribution in [2.75, 3.05) is 12.4 Å². The van der Waals surface area contributed by atoms with Gasteiger partial charge < -0.3 is 15.8 Å². The molecule has 0 saturated carbocycles. The van der Waals surface area contributed by atoms with Gasteiger partial charge in [0, 0.05) is 23.0 Å². The molecule has 0 aliphatic rings. The van der Waals surface area contributed by atoms with Gasteiger partial charge in [-0.3, -0.25) is 14.3 Å². The monoisotopic (exact) mass is 426 g/mol. The SMILES string of the molecule is COc1cccc(-c2nn(Cc3ccccc3)cc2C(=O)Nc2ccc(C(N)=O)cc2)c1. The van der Waals surface area contributed by atoms with Gasteiger partial charge in [0.15, 0.2) is 0 Å². The molecular weight excluding hydrogens is 404 g/mol. The third-order valence-electron chi connectivity index (χ3n) is 4.96. The number of rotatable bonds is 7. The van der Waals surface area contributed by atoms with Gasteiger partial charge in [-0.1, -0.05) is 42.5 Å². The summed E-state index contributed by atoms with van der Waals surface area (Å²) in [6.45, 7) is 0.526. The van der Waals surface area contributed by atoms with Crippen molar-refractivity contribution < 1.29 is 14.3 Å². The predicted octanol–water partition coefficient (Wildman–Crippen LogP) is 3.96. The maximum Gasteiger partial charge on any atom is 0.259 e. The van der Waals surface area contributed by atoms with Gasteiger partial charge in [-0.05, 0) is 42.0 Å². The summed E-state index contributed by atoms with van der Waals surface area (Å²) >= 11 is 0. The van der Waals surface area contributed by atoms with E-state index in [-0.39, 0.29) is 5.91 Å². The molecule has 0 unspecified atom stereocenters. The Kier molecular flexibility index (Phi) is 5.98. The van der Waals surface area contributed by atoms with Crippen LogP contribution >= 0.6 is 0 Å². The Hall–Kier alpha value is -4.39. The molecule has 0 aliphatic carbocycles. The van der Waals surface area contributed by atoms with E-state index in [9.17, 15) is 9.59 Å². The van der Waals surface area contributed by atoms with E-state index in [2.05, 4.69) is 5.32 Å². The zero-order valence-electron chi connectivity index (χ0n) is 17.5. The maximum atomic E-state index is 13.2. The molecule has 3 N–H and O–H groups in total. The van der Waals surface area contributed by atoms with Gasteiger partial charge in [-0.2, -0.15) is 5.10 Å². The van der Waals surface area contributed by atoms with Gasteiger partial charge in [0.05, 0.1) is 19.2 Å². The number of hydrogen-bond acceptors (Lipinski definition) is 4. The molecule has 1 aromatic heterocycles. The molecule has 1 heterocycles. The van der Waals surface area contributed by atoms with Crippen LogP contribution in [0.1, 0.15) is 26.3 Å². The maximum absolute atomic E-state index is 13.2. The van der Waals surface area contributed by atoms with E-state index in [1.807, 2.05) is 54.6 Å². The Balaban J connectivity index is 1.68. The second-order valence-corrected chi connectivity index (χ2v) is 7.20. The molecule has 4 rings (SSSR count). The first-order valence-electron chi connectivity index (χ1n) is 10.0. The highest BCUT2D eigenvalue weighted by Gasteiger charge is 2.19. The Morgan fingerprint density at radius 1 is 1.00 bits per heavy atom. The first kappa shape index (κ1) is 20.9. The van der Waals surface area contributed by atoms with Crippen LogP contribution < -0.4 is 15.8 Å². The van der Waals surface area contributed by atoms with E-state index in [0.717, 1.165) is 11.1 Å². The fraction of sp³-hybridized carbons (Fsp3) is 0.0800. The zero-order chi connectivity index (χ0) is 22.5. The summed E-state index contributed by atoms with van der Waals surface area (Å²) in [6, 6.07) is 23.7.